The number of alkyl halides is 3. The van der Waals surface area contributed by atoms with E-state index in [4.69, 9.17) is 10.5 Å². The Balaban J connectivity index is 1.66. The van der Waals surface area contributed by atoms with Gasteiger partial charge in [0.15, 0.2) is 6.61 Å². The molecule has 2 aromatic rings. The number of anilines is 1. The van der Waals surface area contributed by atoms with Crippen LogP contribution in [0.5, 0.6) is 5.75 Å². The first kappa shape index (κ1) is 17.0. The number of amides is 1. The van der Waals surface area contributed by atoms with Crippen molar-refractivity contribution in [3.8, 4) is 5.75 Å². The van der Waals surface area contributed by atoms with E-state index in [1.165, 1.54) is 23.1 Å². The Kier molecular flexibility index (Phi) is 4.47. The van der Waals surface area contributed by atoms with Crippen LogP contribution in [0, 0.1) is 0 Å². The maximum absolute atomic E-state index is 12.9. The molecule has 0 bridgehead atoms. The van der Waals surface area contributed by atoms with Crippen molar-refractivity contribution in [2.45, 2.75) is 19.1 Å². The number of rotatable bonds is 3. The number of carbonyl (C=O) groups is 1. The molecule has 1 aromatic heterocycles. The Morgan fingerprint density at radius 2 is 2.08 bits per heavy atom. The molecule has 1 amide bonds. The van der Waals surface area contributed by atoms with Crippen LogP contribution in [0.15, 0.2) is 30.5 Å². The van der Waals surface area contributed by atoms with Gasteiger partial charge in [-0.05, 0) is 12.1 Å². The molecular formula is C16H15F3N4O2. The molecule has 132 valence electrons. The molecule has 0 aliphatic carbocycles. The number of aromatic nitrogens is 2. The SMILES string of the molecule is Nc1ncc2c(n1)CCN(C(=O)COc1ccccc1C(F)(F)F)C2. The number of ether oxygens (including phenoxy) is 1. The average molecular weight is 352 g/mol. The summed E-state index contributed by atoms with van der Waals surface area (Å²) in [5, 5.41) is 0. The molecule has 0 radical (unpaired) electrons. The number of carbonyl (C=O) groups excluding carboxylic acids is 1. The Hall–Kier alpha value is -2.84. The van der Waals surface area contributed by atoms with Crippen LogP contribution in [0.25, 0.3) is 0 Å². The van der Waals surface area contributed by atoms with Crippen molar-refractivity contribution in [2.75, 3.05) is 18.9 Å². The third kappa shape index (κ3) is 3.81. The lowest BCUT2D eigenvalue weighted by Gasteiger charge is -2.28. The van der Waals surface area contributed by atoms with E-state index in [2.05, 4.69) is 9.97 Å². The summed E-state index contributed by atoms with van der Waals surface area (Å²) in [7, 11) is 0. The summed E-state index contributed by atoms with van der Waals surface area (Å²) in [5.41, 5.74) is 6.16. The van der Waals surface area contributed by atoms with Gasteiger partial charge in [0, 0.05) is 31.3 Å². The summed E-state index contributed by atoms with van der Waals surface area (Å²) < 4.78 is 43.9. The number of hydrogen-bond donors (Lipinski definition) is 1. The normalized spacial score (nSPS) is 14.1. The van der Waals surface area contributed by atoms with Crippen LogP contribution in [-0.4, -0.2) is 33.9 Å². The summed E-state index contributed by atoms with van der Waals surface area (Å²) >= 11 is 0. The van der Waals surface area contributed by atoms with E-state index in [0.29, 0.717) is 13.0 Å². The highest BCUT2D eigenvalue weighted by Crippen LogP contribution is 2.35. The fourth-order valence-corrected chi connectivity index (χ4v) is 2.60. The zero-order valence-corrected chi connectivity index (χ0v) is 13.1. The van der Waals surface area contributed by atoms with Gasteiger partial charge in [-0.25, -0.2) is 9.97 Å². The fourth-order valence-electron chi connectivity index (χ4n) is 2.60. The molecule has 0 unspecified atom stereocenters. The number of halogens is 3. The van der Waals surface area contributed by atoms with E-state index in [1.54, 1.807) is 6.20 Å². The van der Waals surface area contributed by atoms with Gasteiger partial charge in [0.05, 0.1) is 11.3 Å². The van der Waals surface area contributed by atoms with E-state index in [0.717, 1.165) is 17.3 Å². The van der Waals surface area contributed by atoms with E-state index >= 15 is 0 Å². The van der Waals surface area contributed by atoms with Gasteiger partial charge in [0.2, 0.25) is 5.95 Å². The molecule has 1 aliphatic heterocycles. The van der Waals surface area contributed by atoms with E-state index < -0.39 is 24.3 Å². The van der Waals surface area contributed by atoms with Crippen molar-refractivity contribution in [3.05, 3.63) is 47.3 Å². The molecule has 0 saturated heterocycles. The summed E-state index contributed by atoms with van der Waals surface area (Å²) in [6.45, 7) is 0.198. The fraction of sp³-hybridized carbons (Fsp3) is 0.312. The molecule has 2 N–H and O–H groups in total. The van der Waals surface area contributed by atoms with Crippen LogP contribution in [-0.2, 0) is 23.9 Å². The molecule has 1 aromatic carbocycles. The second kappa shape index (κ2) is 6.58. The smallest absolute Gasteiger partial charge is 0.419 e. The number of para-hydroxylation sites is 1. The minimum Gasteiger partial charge on any atom is -0.483 e. The zero-order valence-electron chi connectivity index (χ0n) is 13.1. The van der Waals surface area contributed by atoms with Crippen molar-refractivity contribution in [1.29, 1.82) is 0 Å². The molecule has 2 heterocycles. The van der Waals surface area contributed by atoms with E-state index in [-0.39, 0.29) is 18.2 Å². The topological polar surface area (TPSA) is 81.3 Å². The Labute approximate surface area is 141 Å². The highest BCUT2D eigenvalue weighted by atomic mass is 19.4. The van der Waals surface area contributed by atoms with Crippen molar-refractivity contribution >= 4 is 11.9 Å². The second-order valence-electron chi connectivity index (χ2n) is 5.55. The molecule has 25 heavy (non-hydrogen) atoms. The number of fused-ring (bicyclic) bond motifs is 1. The van der Waals surface area contributed by atoms with Crippen LogP contribution in [0.1, 0.15) is 16.8 Å². The van der Waals surface area contributed by atoms with Crippen LogP contribution in [0.4, 0.5) is 19.1 Å². The monoisotopic (exact) mass is 352 g/mol. The van der Waals surface area contributed by atoms with Gasteiger partial charge in [-0.3, -0.25) is 4.79 Å². The predicted molar refractivity (Wildman–Crippen MR) is 82.5 cm³/mol. The average Bonchev–Trinajstić information content (AvgIpc) is 2.58. The second-order valence-corrected chi connectivity index (χ2v) is 5.55. The summed E-state index contributed by atoms with van der Waals surface area (Å²) in [6, 6.07) is 4.80. The first-order valence-corrected chi connectivity index (χ1v) is 7.51. The maximum Gasteiger partial charge on any atom is 0.419 e. The maximum atomic E-state index is 12.9. The van der Waals surface area contributed by atoms with Crippen LogP contribution in [0.3, 0.4) is 0 Å². The molecule has 1 aliphatic rings. The predicted octanol–water partition coefficient (Wildman–Crippen LogP) is 2.04. The first-order chi connectivity index (χ1) is 11.8. The Morgan fingerprint density at radius 1 is 1.32 bits per heavy atom. The Bertz CT molecular complexity index is 795. The van der Waals surface area contributed by atoms with Crippen LogP contribution < -0.4 is 10.5 Å². The standard InChI is InChI=1S/C16H15F3N4O2/c17-16(18,19)11-3-1-2-4-13(11)25-9-14(24)23-6-5-12-10(8-23)7-21-15(20)22-12/h1-4,7H,5-6,8-9H2,(H2,20,21,22). The first-order valence-electron chi connectivity index (χ1n) is 7.51. The van der Waals surface area contributed by atoms with Gasteiger partial charge in [-0.15, -0.1) is 0 Å². The van der Waals surface area contributed by atoms with Gasteiger partial charge >= 0.3 is 6.18 Å². The lowest BCUT2D eigenvalue weighted by Crippen LogP contribution is -2.39. The third-order valence-electron chi connectivity index (χ3n) is 3.85. The molecule has 0 fully saturated rings. The van der Waals surface area contributed by atoms with Gasteiger partial charge in [-0.1, -0.05) is 12.1 Å². The van der Waals surface area contributed by atoms with Crippen LogP contribution in [0.2, 0.25) is 0 Å². The van der Waals surface area contributed by atoms with Gasteiger partial charge in [0.1, 0.15) is 5.75 Å². The lowest BCUT2D eigenvalue weighted by molar-refractivity contribution is -0.141. The molecule has 9 heteroatoms. The number of nitrogens with two attached hydrogens (primary N) is 1. The minimum absolute atomic E-state index is 0.172. The van der Waals surface area contributed by atoms with Crippen LogP contribution >= 0.6 is 0 Å². The zero-order chi connectivity index (χ0) is 18.0. The highest BCUT2D eigenvalue weighted by molar-refractivity contribution is 5.78. The molecule has 6 nitrogen and oxygen atoms in total. The van der Waals surface area contributed by atoms with Crippen molar-refractivity contribution in [1.82, 2.24) is 14.9 Å². The molecule has 0 atom stereocenters. The van der Waals surface area contributed by atoms with Gasteiger partial charge < -0.3 is 15.4 Å². The third-order valence-corrected chi connectivity index (χ3v) is 3.85. The number of nitrogen functional groups attached to an aromatic ring is 1. The van der Waals surface area contributed by atoms with Gasteiger partial charge in [0.25, 0.3) is 5.91 Å². The molecular weight excluding hydrogens is 337 g/mol. The summed E-state index contributed by atoms with van der Waals surface area (Å²) in [6.07, 6.45) is -2.48. The minimum atomic E-state index is -4.54. The quantitative estimate of drug-likeness (QED) is 0.914. The van der Waals surface area contributed by atoms with E-state index in [1.807, 2.05) is 0 Å². The number of hydrogen-bond acceptors (Lipinski definition) is 5. The van der Waals surface area contributed by atoms with Gasteiger partial charge in [-0.2, -0.15) is 13.2 Å². The lowest BCUT2D eigenvalue weighted by atomic mass is 10.1. The molecule has 3 rings (SSSR count). The largest absolute Gasteiger partial charge is 0.483 e. The highest BCUT2D eigenvalue weighted by Gasteiger charge is 2.34. The molecule has 0 spiro atoms. The summed E-state index contributed by atoms with van der Waals surface area (Å²) in [5.74, 6) is -0.595. The summed E-state index contributed by atoms with van der Waals surface area (Å²) in [4.78, 5) is 21.8. The number of benzene rings is 1. The number of nitrogens with zero attached hydrogens (tertiary/aromatic N) is 3. The molecule has 0 saturated carbocycles. The van der Waals surface area contributed by atoms with Crippen molar-refractivity contribution < 1.29 is 22.7 Å². The van der Waals surface area contributed by atoms with Crippen molar-refractivity contribution in [2.24, 2.45) is 0 Å². The van der Waals surface area contributed by atoms with E-state index in [9.17, 15) is 18.0 Å². The Morgan fingerprint density at radius 3 is 2.84 bits per heavy atom. The van der Waals surface area contributed by atoms with Crippen molar-refractivity contribution in [3.63, 3.8) is 0 Å².